The van der Waals surface area contributed by atoms with E-state index in [1.165, 1.54) is 14.2 Å². The van der Waals surface area contributed by atoms with Gasteiger partial charge in [0, 0.05) is 24.0 Å². The van der Waals surface area contributed by atoms with Crippen LogP contribution in [0.3, 0.4) is 0 Å². The van der Waals surface area contributed by atoms with Gasteiger partial charge in [0.1, 0.15) is 11.5 Å². The molecule has 8 heteroatoms. The Balaban J connectivity index is 1.94. The minimum atomic E-state index is -0.408. The summed E-state index contributed by atoms with van der Waals surface area (Å²) >= 11 is 6.30. The average molecular weight is 337 g/mol. The number of rotatable bonds is 5. The van der Waals surface area contributed by atoms with E-state index in [1.54, 1.807) is 6.20 Å². The molecule has 1 aliphatic carbocycles. The van der Waals surface area contributed by atoms with Crippen LogP contribution in [0.25, 0.3) is 0 Å². The molecule has 3 rings (SSSR count). The van der Waals surface area contributed by atoms with Gasteiger partial charge >= 0.3 is 6.01 Å². The lowest BCUT2D eigenvalue weighted by atomic mass is 9.78. The van der Waals surface area contributed by atoms with Gasteiger partial charge in [-0.2, -0.15) is 10.1 Å². The Labute approximate surface area is 138 Å². The van der Waals surface area contributed by atoms with Gasteiger partial charge in [-0.05, 0) is 12.3 Å². The Morgan fingerprint density at radius 1 is 1.35 bits per heavy atom. The van der Waals surface area contributed by atoms with Crippen LogP contribution in [0.15, 0.2) is 16.4 Å². The van der Waals surface area contributed by atoms with Gasteiger partial charge in [0.25, 0.3) is 0 Å². The molecule has 0 saturated heterocycles. The number of nitrogens with zero attached hydrogens (tertiary/aromatic N) is 4. The van der Waals surface area contributed by atoms with E-state index in [0.717, 1.165) is 12.7 Å². The molecule has 23 heavy (non-hydrogen) atoms. The molecule has 1 aromatic rings. The number of carbonyl (C=O) groups excluding carboxylic acids is 1. The molecule has 3 atom stereocenters. The lowest BCUT2D eigenvalue weighted by Crippen LogP contribution is -2.33. The van der Waals surface area contributed by atoms with Crippen LogP contribution in [0.4, 0.5) is 0 Å². The van der Waals surface area contributed by atoms with Crippen LogP contribution in [0.5, 0.6) is 11.9 Å². The van der Waals surface area contributed by atoms with Crippen molar-refractivity contribution in [3.8, 4) is 11.9 Å². The summed E-state index contributed by atoms with van der Waals surface area (Å²) in [5, 5.41) is 8.72. The second kappa shape index (κ2) is 5.88. The highest BCUT2D eigenvalue weighted by Gasteiger charge is 2.54. The van der Waals surface area contributed by atoms with Gasteiger partial charge in [-0.1, -0.05) is 18.5 Å². The molecule has 7 nitrogen and oxygen atoms in total. The number of aromatic nitrogens is 2. The van der Waals surface area contributed by atoms with Crippen molar-refractivity contribution in [3.63, 3.8) is 0 Å². The zero-order valence-electron chi connectivity index (χ0n) is 13.1. The molecule has 0 spiro atoms. The van der Waals surface area contributed by atoms with Crippen molar-refractivity contribution in [3.05, 3.63) is 11.8 Å². The van der Waals surface area contributed by atoms with Gasteiger partial charge in [-0.15, -0.1) is 5.10 Å². The predicted molar refractivity (Wildman–Crippen MR) is 85.3 cm³/mol. The van der Waals surface area contributed by atoms with E-state index in [4.69, 9.17) is 21.1 Å². The minimum absolute atomic E-state index is 0.0392. The molecule has 0 amide bonds. The quantitative estimate of drug-likeness (QED) is 0.768. The highest BCUT2D eigenvalue weighted by atomic mass is 35.5. The van der Waals surface area contributed by atoms with Gasteiger partial charge in [0.15, 0.2) is 0 Å². The second-order valence-electron chi connectivity index (χ2n) is 5.95. The fourth-order valence-electron chi connectivity index (χ4n) is 3.01. The standard InChI is InChI=1S/C15H17ClN4O3/c1-15(10-4-8(10)7-21)5-11(19-20-13(15)16)9-6-17-14(23-3)18-12(9)22-2/h6-8,10H,4-5H2,1-3H3/t8-,10+,15?/m1/s1. The Kier molecular flexibility index (Phi) is 4.06. The molecular weight excluding hydrogens is 320 g/mol. The maximum absolute atomic E-state index is 11.0. The SMILES string of the molecule is COc1ncc(C2=NN=C(Cl)C(C)([C@H]3C[C@@H]3C=O)C2)c(OC)n1. The topological polar surface area (TPSA) is 86.0 Å². The molecule has 122 valence electrons. The first kappa shape index (κ1) is 15.9. The maximum atomic E-state index is 11.0. The summed E-state index contributed by atoms with van der Waals surface area (Å²) in [5.41, 5.74) is 0.929. The van der Waals surface area contributed by atoms with E-state index in [-0.39, 0.29) is 17.8 Å². The Hall–Kier alpha value is -2.02. The first-order valence-corrected chi connectivity index (χ1v) is 7.62. The third kappa shape index (κ3) is 2.69. The van der Waals surface area contributed by atoms with Crippen molar-refractivity contribution in [2.45, 2.75) is 19.8 Å². The maximum Gasteiger partial charge on any atom is 0.319 e. The fourth-order valence-corrected chi connectivity index (χ4v) is 3.25. The van der Waals surface area contributed by atoms with Crippen molar-refractivity contribution in [2.75, 3.05) is 14.2 Å². The van der Waals surface area contributed by atoms with Crippen LogP contribution >= 0.6 is 11.6 Å². The summed E-state index contributed by atoms with van der Waals surface area (Å²) in [7, 11) is 3.01. The third-order valence-electron chi connectivity index (χ3n) is 4.52. The number of carbonyl (C=O) groups is 1. The summed E-state index contributed by atoms with van der Waals surface area (Å²) < 4.78 is 10.3. The highest BCUT2D eigenvalue weighted by molar-refractivity contribution is 6.67. The van der Waals surface area contributed by atoms with E-state index < -0.39 is 5.41 Å². The van der Waals surface area contributed by atoms with Crippen molar-refractivity contribution in [1.82, 2.24) is 9.97 Å². The van der Waals surface area contributed by atoms with Crippen LogP contribution < -0.4 is 9.47 Å². The van der Waals surface area contributed by atoms with Crippen molar-refractivity contribution in [1.29, 1.82) is 0 Å². The minimum Gasteiger partial charge on any atom is -0.480 e. The molecule has 1 aromatic heterocycles. The predicted octanol–water partition coefficient (Wildman–Crippen LogP) is 2.08. The zero-order valence-corrected chi connectivity index (χ0v) is 13.9. The van der Waals surface area contributed by atoms with E-state index in [9.17, 15) is 4.79 Å². The molecule has 0 N–H and O–H groups in total. The van der Waals surface area contributed by atoms with Gasteiger partial charge in [0.05, 0.1) is 25.5 Å². The van der Waals surface area contributed by atoms with Crippen LogP contribution in [-0.2, 0) is 4.79 Å². The van der Waals surface area contributed by atoms with E-state index in [0.29, 0.717) is 28.7 Å². The number of aldehydes is 1. The van der Waals surface area contributed by atoms with E-state index >= 15 is 0 Å². The Morgan fingerprint density at radius 2 is 2.13 bits per heavy atom. The number of hydrogen-bond donors (Lipinski definition) is 0. The first-order valence-electron chi connectivity index (χ1n) is 7.24. The molecule has 0 bridgehead atoms. The monoisotopic (exact) mass is 336 g/mol. The summed E-state index contributed by atoms with van der Waals surface area (Å²) in [5.74, 6) is 0.595. The van der Waals surface area contributed by atoms with Crippen LogP contribution in [0.2, 0.25) is 0 Å². The molecule has 0 radical (unpaired) electrons. The Morgan fingerprint density at radius 3 is 2.74 bits per heavy atom. The summed E-state index contributed by atoms with van der Waals surface area (Å²) in [6.45, 7) is 2.01. The molecule has 1 unspecified atom stereocenters. The number of halogens is 1. The average Bonchev–Trinajstić information content (AvgIpc) is 3.37. The summed E-state index contributed by atoms with van der Waals surface area (Å²) in [4.78, 5) is 19.3. The van der Waals surface area contributed by atoms with E-state index in [1.807, 2.05) is 6.92 Å². The molecule has 2 aliphatic rings. The largest absolute Gasteiger partial charge is 0.480 e. The lowest BCUT2D eigenvalue weighted by molar-refractivity contribution is -0.109. The Bertz CT molecular complexity index is 706. The number of hydrogen-bond acceptors (Lipinski definition) is 7. The van der Waals surface area contributed by atoms with Crippen molar-refractivity contribution < 1.29 is 14.3 Å². The van der Waals surface area contributed by atoms with E-state index in [2.05, 4.69) is 20.2 Å². The fraction of sp³-hybridized carbons (Fsp3) is 0.533. The van der Waals surface area contributed by atoms with Crippen molar-refractivity contribution in [2.24, 2.45) is 27.5 Å². The van der Waals surface area contributed by atoms with Gasteiger partial charge in [-0.3, -0.25) is 0 Å². The second-order valence-corrected chi connectivity index (χ2v) is 6.31. The van der Waals surface area contributed by atoms with Crippen LogP contribution in [-0.4, -0.2) is 41.4 Å². The van der Waals surface area contributed by atoms with Crippen LogP contribution in [0.1, 0.15) is 25.3 Å². The molecule has 1 aliphatic heterocycles. The zero-order chi connectivity index (χ0) is 16.6. The molecule has 0 aromatic carbocycles. The van der Waals surface area contributed by atoms with Gasteiger partial charge in [0.2, 0.25) is 5.88 Å². The lowest BCUT2D eigenvalue weighted by Gasteiger charge is -2.31. The van der Waals surface area contributed by atoms with Crippen molar-refractivity contribution >= 4 is 28.8 Å². The molecule has 1 saturated carbocycles. The first-order chi connectivity index (χ1) is 11.0. The van der Waals surface area contributed by atoms with Gasteiger partial charge < -0.3 is 14.3 Å². The molecular formula is C15H17ClN4O3. The summed E-state index contributed by atoms with van der Waals surface area (Å²) in [6, 6.07) is 0.217. The van der Waals surface area contributed by atoms with Gasteiger partial charge in [-0.25, -0.2) is 4.98 Å². The smallest absolute Gasteiger partial charge is 0.319 e. The number of ether oxygens (including phenoxy) is 2. The number of methoxy groups -OCH3 is 2. The summed E-state index contributed by atoms with van der Waals surface area (Å²) in [6.07, 6.45) is 3.97. The highest BCUT2D eigenvalue weighted by Crippen LogP contribution is 2.54. The third-order valence-corrected chi connectivity index (χ3v) is 5.02. The van der Waals surface area contributed by atoms with Crippen LogP contribution in [0, 0.1) is 17.3 Å². The molecule has 2 heterocycles. The normalized spacial score (nSPS) is 29.4. The molecule has 1 fully saturated rings.